The Bertz CT molecular complexity index is 847. The second-order valence-electron chi connectivity index (χ2n) is 6.00. The molecule has 0 saturated heterocycles. The van der Waals surface area contributed by atoms with Gasteiger partial charge in [-0.3, -0.25) is 4.79 Å². The van der Waals surface area contributed by atoms with Crippen molar-refractivity contribution in [1.82, 2.24) is 0 Å². The normalized spacial score (nSPS) is 16.2. The maximum atomic E-state index is 12.8. The van der Waals surface area contributed by atoms with Crippen LogP contribution in [-0.2, 0) is 4.79 Å². The average Bonchev–Trinajstić information content (AvgIpc) is 2.84. The maximum absolute atomic E-state index is 12.8. The predicted octanol–water partition coefficient (Wildman–Crippen LogP) is 3.86. The van der Waals surface area contributed by atoms with Crippen LogP contribution in [0, 0.1) is 11.3 Å². The molecule has 1 aliphatic heterocycles. The van der Waals surface area contributed by atoms with Crippen molar-refractivity contribution in [2.75, 3.05) is 25.2 Å². The van der Waals surface area contributed by atoms with E-state index < -0.39 is 0 Å². The lowest BCUT2D eigenvalue weighted by molar-refractivity contribution is -0.120. The summed E-state index contributed by atoms with van der Waals surface area (Å²) in [4.78, 5) is 15.7. The topological polar surface area (TPSA) is 62.6 Å². The standard InChI is InChI=1S/C20H20N2O3S/c1-14-9-10-22(16-5-3-4-6-19(16)26-14)20(23)13-25-17-8-7-15(12-21)11-18(17)24-2/h3-8,11,14H,9-10,13H2,1-2H3/t14-/m0/s1. The number of thioether (sulfide) groups is 1. The zero-order valence-electron chi connectivity index (χ0n) is 14.8. The molecule has 26 heavy (non-hydrogen) atoms. The van der Waals surface area contributed by atoms with E-state index in [0.29, 0.717) is 28.9 Å². The molecule has 0 spiro atoms. The van der Waals surface area contributed by atoms with Gasteiger partial charge in [-0.25, -0.2) is 0 Å². The molecule has 0 fully saturated rings. The molecule has 0 saturated carbocycles. The summed E-state index contributed by atoms with van der Waals surface area (Å²) < 4.78 is 10.9. The van der Waals surface area contributed by atoms with Crippen molar-refractivity contribution in [3.8, 4) is 17.6 Å². The number of nitriles is 1. The molecule has 5 nitrogen and oxygen atoms in total. The van der Waals surface area contributed by atoms with Gasteiger partial charge in [0.1, 0.15) is 0 Å². The minimum Gasteiger partial charge on any atom is -0.493 e. The minimum absolute atomic E-state index is 0.0877. The maximum Gasteiger partial charge on any atom is 0.264 e. The van der Waals surface area contributed by atoms with Crippen LogP contribution in [-0.4, -0.2) is 31.4 Å². The fraction of sp³-hybridized carbons (Fsp3) is 0.300. The number of rotatable bonds is 4. The number of carbonyl (C=O) groups excluding carboxylic acids is 1. The summed E-state index contributed by atoms with van der Waals surface area (Å²) in [6.45, 7) is 2.75. The number of ether oxygens (including phenoxy) is 2. The molecule has 0 N–H and O–H groups in total. The molecule has 0 unspecified atom stereocenters. The SMILES string of the molecule is COc1cc(C#N)ccc1OCC(=O)N1CC[C@H](C)Sc2ccccc21. The Balaban J connectivity index is 1.76. The number of amides is 1. The summed E-state index contributed by atoms with van der Waals surface area (Å²) in [5.41, 5.74) is 1.41. The first kappa shape index (κ1) is 18.2. The van der Waals surface area contributed by atoms with Gasteiger partial charge in [0, 0.05) is 22.8 Å². The van der Waals surface area contributed by atoms with Crippen molar-refractivity contribution in [1.29, 1.82) is 5.26 Å². The quantitative estimate of drug-likeness (QED) is 0.820. The highest BCUT2D eigenvalue weighted by Crippen LogP contribution is 2.37. The Labute approximate surface area is 157 Å². The lowest BCUT2D eigenvalue weighted by Crippen LogP contribution is -2.36. The molecule has 1 amide bonds. The molecule has 1 atom stereocenters. The Morgan fingerprint density at radius 3 is 2.88 bits per heavy atom. The highest BCUT2D eigenvalue weighted by atomic mass is 32.2. The number of hydrogen-bond acceptors (Lipinski definition) is 5. The van der Waals surface area contributed by atoms with Crippen LogP contribution in [0.1, 0.15) is 18.9 Å². The highest BCUT2D eigenvalue weighted by Gasteiger charge is 2.24. The average molecular weight is 368 g/mol. The van der Waals surface area contributed by atoms with Crippen LogP contribution in [0.15, 0.2) is 47.4 Å². The van der Waals surface area contributed by atoms with Crippen LogP contribution >= 0.6 is 11.8 Å². The molecule has 6 heteroatoms. The number of para-hydroxylation sites is 1. The number of methoxy groups -OCH3 is 1. The molecule has 134 valence electrons. The summed E-state index contributed by atoms with van der Waals surface area (Å²) in [7, 11) is 1.51. The Morgan fingerprint density at radius 1 is 1.31 bits per heavy atom. The van der Waals surface area contributed by atoms with Gasteiger partial charge in [0.2, 0.25) is 0 Å². The minimum atomic E-state index is -0.0986. The van der Waals surface area contributed by atoms with Crippen molar-refractivity contribution < 1.29 is 14.3 Å². The first-order chi connectivity index (χ1) is 12.6. The lowest BCUT2D eigenvalue weighted by atomic mass is 10.2. The summed E-state index contributed by atoms with van der Waals surface area (Å²) in [5, 5.41) is 9.42. The van der Waals surface area contributed by atoms with Crippen molar-refractivity contribution in [3.05, 3.63) is 48.0 Å². The van der Waals surface area contributed by atoms with Crippen molar-refractivity contribution in [2.24, 2.45) is 0 Å². The van der Waals surface area contributed by atoms with Crippen LogP contribution in [0.4, 0.5) is 5.69 Å². The van der Waals surface area contributed by atoms with Gasteiger partial charge < -0.3 is 14.4 Å². The van der Waals surface area contributed by atoms with Crippen molar-refractivity contribution in [3.63, 3.8) is 0 Å². The molecule has 0 bridgehead atoms. The smallest absolute Gasteiger partial charge is 0.264 e. The fourth-order valence-electron chi connectivity index (χ4n) is 2.82. The predicted molar refractivity (Wildman–Crippen MR) is 102 cm³/mol. The summed E-state index contributed by atoms with van der Waals surface area (Å²) in [5.74, 6) is 0.793. The lowest BCUT2D eigenvalue weighted by Gasteiger charge is -2.22. The number of benzene rings is 2. The van der Waals surface area contributed by atoms with Crippen LogP contribution in [0.3, 0.4) is 0 Å². The molecule has 3 rings (SSSR count). The molecule has 0 aliphatic carbocycles. The molecule has 0 radical (unpaired) electrons. The first-order valence-electron chi connectivity index (χ1n) is 8.39. The Hall–Kier alpha value is -2.65. The summed E-state index contributed by atoms with van der Waals surface area (Å²) in [6.07, 6.45) is 0.922. The summed E-state index contributed by atoms with van der Waals surface area (Å²) >= 11 is 1.79. The van der Waals surface area contributed by atoms with Gasteiger partial charge in [0.15, 0.2) is 18.1 Å². The van der Waals surface area contributed by atoms with Crippen molar-refractivity contribution in [2.45, 2.75) is 23.5 Å². The van der Waals surface area contributed by atoms with Gasteiger partial charge in [-0.2, -0.15) is 5.26 Å². The van der Waals surface area contributed by atoms with Gasteiger partial charge in [-0.15, -0.1) is 11.8 Å². The molecule has 0 aromatic heterocycles. The third-order valence-electron chi connectivity index (χ3n) is 4.19. The number of anilines is 1. The largest absolute Gasteiger partial charge is 0.493 e. The summed E-state index contributed by atoms with van der Waals surface area (Å²) in [6, 6.07) is 14.9. The van der Waals surface area contributed by atoms with Gasteiger partial charge in [-0.1, -0.05) is 19.1 Å². The van der Waals surface area contributed by atoms with Gasteiger partial charge >= 0.3 is 0 Å². The molecule has 2 aromatic rings. The van der Waals surface area contributed by atoms with Gasteiger partial charge in [-0.05, 0) is 30.7 Å². The number of carbonyl (C=O) groups is 1. The third-order valence-corrected chi connectivity index (χ3v) is 5.43. The Kier molecular flexibility index (Phi) is 5.69. The van der Waals surface area contributed by atoms with E-state index in [1.54, 1.807) is 34.9 Å². The van der Waals surface area contributed by atoms with E-state index in [1.807, 2.05) is 24.3 Å². The molecule has 1 aliphatic rings. The molecular weight excluding hydrogens is 348 g/mol. The first-order valence-corrected chi connectivity index (χ1v) is 9.27. The second kappa shape index (κ2) is 8.15. The molecule has 1 heterocycles. The second-order valence-corrected chi connectivity index (χ2v) is 7.48. The molecular formula is C20H20N2O3S. The van der Waals surface area contributed by atoms with Crippen LogP contribution in [0.25, 0.3) is 0 Å². The van der Waals surface area contributed by atoms with E-state index in [9.17, 15) is 4.79 Å². The van der Waals surface area contributed by atoms with Gasteiger partial charge in [0.25, 0.3) is 5.91 Å². The zero-order chi connectivity index (χ0) is 18.5. The monoisotopic (exact) mass is 368 g/mol. The van der Waals surface area contributed by atoms with E-state index in [-0.39, 0.29) is 12.5 Å². The number of fused-ring (bicyclic) bond motifs is 1. The van der Waals surface area contributed by atoms with E-state index in [0.717, 1.165) is 17.0 Å². The van der Waals surface area contributed by atoms with Crippen LogP contribution in [0.5, 0.6) is 11.5 Å². The van der Waals surface area contributed by atoms with Crippen LogP contribution in [0.2, 0.25) is 0 Å². The Morgan fingerprint density at radius 2 is 2.12 bits per heavy atom. The number of hydrogen-bond donors (Lipinski definition) is 0. The van der Waals surface area contributed by atoms with Crippen LogP contribution < -0.4 is 14.4 Å². The number of nitrogens with zero attached hydrogens (tertiary/aromatic N) is 2. The fourth-order valence-corrected chi connectivity index (χ4v) is 3.93. The third kappa shape index (κ3) is 3.94. The highest BCUT2D eigenvalue weighted by molar-refractivity contribution is 8.00. The van der Waals surface area contributed by atoms with E-state index >= 15 is 0 Å². The zero-order valence-corrected chi connectivity index (χ0v) is 15.6. The van der Waals surface area contributed by atoms with Crippen molar-refractivity contribution >= 4 is 23.4 Å². The van der Waals surface area contributed by atoms with Gasteiger partial charge in [0.05, 0.1) is 24.4 Å². The van der Waals surface area contributed by atoms with E-state index in [2.05, 4.69) is 13.0 Å². The van der Waals surface area contributed by atoms with E-state index in [4.69, 9.17) is 14.7 Å². The van der Waals surface area contributed by atoms with E-state index in [1.165, 1.54) is 7.11 Å². The molecule has 2 aromatic carbocycles.